The molecule has 54 valence electrons. The van der Waals surface area contributed by atoms with Crippen molar-refractivity contribution in [2.45, 2.75) is 6.42 Å². The minimum Gasteiger partial charge on any atom is -0.488 e. The summed E-state index contributed by atoms with van der Waals surface area (Å²) in [5.41, 5.74) is 0. The molecule has 0 fully saturated rings. The molecule has 3 nitrogen and oxygen atoms in total. The Balaban J connectivity index is 2.28. The molecule has 1 N–H and O–H groups in total. The summed E-state index contributed by atoms with van der Waals surface area (Å²) >= 11 is 0. The molecule has 1 aliphatic rings. The Hall–Kier alpha value is -1.12. The van der Waals surface area contributed by atoms with Gasteiger partial charge in [0.05, 0.1) is 13.2 Å². The van der Waals surface area contributed by atoms with Gasteiger partial charge in [0.25, 0.3) is 0 Å². The maximum Gasteiger partial charge on any atom is 0.178 e. The Labute approximate surface area is 59.0 Å². The van der Waals surface area contributed by atoms with Gasteiger partial charge in [-0.25, -0.2) is 0 Å². The van der Waals surface area contributed by atoms with Crippen molar-refractivity contribution in [2.75, 3.05) is 13.2 Å². The molecule has 0 radical (unpaired) electrons. The van der Waals surface area contributed by atoms with Crippen LogP contribution in [0.5, 0.6) is 11.5 Å². The zero-order chi connectivity index (χ0) is 6.81. The van der Waals surface area contributed by atoms with E-state index in [2.05, 4.69) is 4.98 Å². The molecule has 1 aromatic rings. The second-order valence-corrected chi connectivity index (χ2v) is 2.23. The second kappa shape index (κ2) is 2.25. The Morgan fingerprint density at radius 3 is 2.30 bits per heavy atom. The fourth-order valence-electron chi connectivity index (χ4n) is 0.984. The zero-order valence-electron chi connectivity index (χ0n) is 5.59. The van der Waals surface area contributed by atoms with Crippen LogP contribution in [-0.4, -0.2) is 18.2 Å². The molecule has 0 aromatic carbocycles. The second-order valence-electron chi connectivity index (χ2n) is 2.23. The van der Waals surface area contributed by atoms with Gasteiger partial charge in [0.15, 0.2) is 11.5 Å². The quantitative estimate of drug-likeness (QED) is 0.585. The van der Waals surface area contributed by atoms with E-state index in [-0.39, 0.29) is 0 Å². The van der Waals surface area contributed by atoms with E-state index in [0.717, 1.165) is 31.1 Å². The van der Waals surface area contributed by atoms with E-state index in [1.165, 1.54) is 0 Å². The molecule has 0 spiro atoms. The molecule has 10 heavy (non-hydrogen) atoms. The monoisotopic (exact) mass is 139 g/mol. The molecule has 2 heterocycles. The molecule has 3 heteroatoms. The predicted molar refractivity (Wildman–Crippen MR) is 36.4 cm³/mol. The van der Waals surface area contributed by atoms with E-state index >= 15 is 0 Å². The highest BCUT2D eigenvalue weighted by Crippen LogP contribution is 2.27. The standard InChI is InChI=1S/C7H9NO2/c1-2-9-6-4-8-5-7(6)10-3-1/h4-5,8H,1-3H2. The van der Waals surface area contributed by atoms with E-state index in [4.69, 9.17) is 9.47 Å². The summed E-state index contributed by atoms with van der Waals surface area (Å²) in [6.45, 7) is 1.51. The van der Waals surface area contributed by atoms with Crippen LogP contribution in [-0.2, 0) is 0 Å². The van der Waals surface area contributed by atoms with Gasteiger partial charge in [-0.2, -0.15) is 0 Å². The number of nitrogens with one attached hydrogen (secondary N) is 1. The highest BCUT2D eigenvalue weighted by molar-refractivity contribution is 5.37. The summed E-state index contributed by atoms with van der Waals surface area (Å²) in [5, 5.41) is 0. The number of rotatable bonds is 0. The van der Waals surface area contributed by atoms with E-state index in [1.54, 1.807) is 12.4 Å². The highest BCUT2D eigenvalue weighted by atomic mass is 16.5. The summed E-state index contributed by atoms with van der Waals surface area (Å²) in [5.74, 6) is 1.66. The normalized spacial score (nSPS) is 16.4. The molecule has 1 aliphatic heterocycles. The van der Waals surface area contributed by atoms with Crippen LogP contribution in [0.25, 0.3) is 0 Å². The molecular weight excluding hydrogens is 130 g/mol. The van der Waals surface area contributed by atoms with Gasteiger partial charge >= 0.3 is 0 Å². The first-order valence-electron chi connectivity index (χ1n) is 3.39. The topological polar surface area (TPSA) is 34.2 Å². The molecule has 0 atom stereocenters. The van der Waals surface area contributed by atoms with Gasteiger partial charge in [-0.1, -0.05) is 0 Å². The average Bonchev–Trinajstić information content (AvgIpc) is 2.28. The third kappa shape index (κ3) is 0.835. The average molecular weight is 139 g/mol. The van der Waals surface area contributed by atoms with Crippen molar-refractivity contribution in [1.29, 1.82) is 0 Å². The fraction of sp³-hybridized carbons (Fsp3) is 0.429. The molecule has 2 rings (SSSR count). The number of aromatic amines is 1. The third-order valence-electron chi connectivity index (χ3n) is 1.48. The lowest BCUT2D eigenvalue weighted by molar-refractivity contribution is 0.295. The Bertz CT molecular complexity index is 199. The van der Waals surface area contributed by atoms with Crippen molar-refractivity contribution < 1.29 is 9.47 Å². The van der Waals surface area contributed by atoms with Gasteiger partial charge in [-0.05, 0) is 0 Å². The highest BCUT2D eigenvalue weighted by Gasteiger charge is 2.08. The van der Waals surface area contributed by atoms with Gasteiger partial charge in [-0.15, -0.1) is 0 Å². The summed E-state index contributed by atoms with van der Waals surface area (Å²) in [4.78, 5) is 2.92. The molecule has 1 aromatic heterocycles. The lowest BCUT2D eigenvalue weighted by Crippen LogP contribution is -1.98. The molecular formula is C7H9NO2. The lowest BCUT2D eigenvalue weighted by Gasteiger charge is -1.97. The van der Waals surface area contributed by atoms with Crippen LogP contribution in [0.15, 0.2) is 12.4 Å². The number of hydrogen-bond acceptors (Lipinski definition) is 2. The van der Waals surface area contributed by atoms with Crippen LogP contribution >= 0.6 is 0 Å². The molecule has 0 aliphatic carbocycles. The maximum absolute atomic E-state index is 5.33. The number of aromatic nitrogens is 1. The van der Waals surface area contributed by atoms with Crippen LogP contribution in [0, 0.1) is 0 Å². The smallest absolute Gasteiger partial charge is 0.178 e. The van der Waals surface area contributed by atoms with Gasteiger partial charge in [0, 0.05) is 18.8 Å². The minimum atomic E-state index is 0.755. The van der Waals surface area contributed by atoms with Crippen molar-refractivity contribution in [2.24, 2.45) is 0 Å². The van der Waals surface area contributed by atoms with Crippen LogP contribution < -0.4 is 9.47 Å². The van der Waals surface area contributed by atoms with Gasteiger partial charge in [0.1, 0.15) is 0 Å². The summed E-state index contributed by atoms with van der Waals surface area (Å²) < 4.78 is 10.7. The SMILES string of the molecule is c1[nH]cc2c1OCCCO2. The lowest BCUT2D eigenvalue weighted by atomic mass is 10.5. The Kier molecular flexibility index (Phi) is 1.27. The summed E-state index contributed by atoms with van der Waals surface area (Å²) in [7, 11) is 0. The number of fused-ring (bicyclic) bond motifs is 1. The van der Waals surface area contributed by atoms with Gasteiger partial charge in [-0.3, -0.25) is 0 Å². The first-order valence-corrected chi connectivity index (χ1v) is 3.39. The first kappa shape index (κ1) is 5.65. The summed E-state index contributed by atoms with van der Waals surface area (Å²) in [6, 6.07) is 0. The van der Waals surface area contributed by atoms with E-state index < -0.39 is 0 Å². The Morgan fingerprint density at radius 1 is 1.10 bits per heavy atom. The number of H-pyrrole nitrogens is 1. The molecule has 0 saturated heterocycles. The van der Waals surface area contributed by atoms with Crippen LogP contribution in [0.3, 0.4) is 0 Å². The van der Waals surface area contributed by atoms with Gasteiger partial charge < -0.3 is 14.5 Å². The van der Waals surface area contributed by atoms with E-state index in [0.29, 0.717) is 0 Å². The maximum atomic E-state index is 5.33. The van der Waals surface area contributed by atoms with Crippen molar-refractivity contribution in [3.63, 3.8) is 0 Å². The van der Waals surface area contributed by atoms with Gasteiger partial charge in [0.2, 0.25) is 0 Å². The van der Waals surface area contributed by atoms with Crippen molar-refractivity contribution in [3.8, 4) is 11.5 Å². The van der Waals surface area contributed by atoms with E-state index in [1.807, 2.05) is 0 Å². The molecule has 0 amide bonds. The van der Waals surface area contributed by atoms with Crippen LogP contribution in [0.1, 0.15) is 6.42 Å². The molecule has 0 saturated carbocycles. The first-order chi connectivity index (χ1) is 4.97. The van der Waals surface area contributed by atoms with E-state index in [9.17, 15) is 0 Å². The minimum absolute atomic E-state index is 0.755. The largest absolute Gasteiger partial charge is 0.488 e. The summed E-state index contributed by atoms with van der Waals surface area (Å²) in [6.07, 6.45) is 4.58. The Morgan fingerprint density at radius 2 is 1.70 bits per heavy atom. The van der Waals surface area contributed by atoms with Crippen LogP contribution in [0.2, 0.25) is 0 Å². The zero-order valence-corrected chi connectivity index (χ0v) is 5.59. The third-order valence-corrected chi connectivity index (χ3v) is 1.48. The predicted octanol–water partition coefficient (Wildman–Crippen LogP) is 1.18. The van der Waals surface area contributed by atoms with Crippen molar-refractivity contribution >= 4 is 0 Å². The van der Waals surface area contributed by atoms with Crippen molar-refractivity contribution in [3.05, 3.63) is 12.4 Å². The molecule has 0 bridgehead atoms. The number of ether oxygens (including phenoxy) is 2. The molecule has 0 unspecified atom stereocenters. The number of hydrogen-bond donors (Lipinski definition) is 1. The van der Waals surface area contributed by atoms with Crippen molar-refractivity contribution in [1.82, 2.24) is 4.98 Å². The van der Waals surface area contributed by atoms with Crippen LogP contribution in [0.4, 0.5) is 0 Å². The fourth-order valence-corrected chi connectivity index (χ4v) is 0.984.